The molecule has 1 aliphatic rings. The van der Waals surface area contributed by atoms with E-state index in [1.165, 1.54) is 0 Å². The average molecular weight is 489 g/mol. The fourth-order valence-corrected chi connectivity index (χ4v) is 4.49. The highest BCUT2D eigenvalue weighted by Gasteiger charge is 2.39. The van der Waals surface area contributed by atoms with Gasteiger partial charge in [-0.2, -0.15) is 0 Å². The van der Waals surface area contributed by atoms with E-state index in [0.29, 0.717) is 23.8 Å². The lowest BCUT2D eigenvalue weighted by molar-refractivity contribution is -0.142. The summed E-state index contributed by atoms with van der Waals surface area (Å²) >= 11 is 0. The van der Waals surface area contributed by atoms with Gasteiger partial charge < -0.3 is 10.4 Å². The van der Waals surface area contributed by atoms with Gasteiger partial charge in [0.05, 0.1) is 11.4 Å². The van der Waals surface area contributed by atoms with Gasteiger partial charge in [-0.1, -0.05) is 85.0 Å². The zero-order valence-corrected chi connectivity index (χ0v) is 20.8. The Morgan fingerprint density at radius 1 is 1.00 bits per heavy atom. The summed E-state index contributed by atoms with van der Waals surface area (Å²) in [5.41, 5.74) is 2.06. The minimum atomic E-state index is -1.22. The molecule has 0 saturated carbocycles. The SMILES string of the molecule is CC(C)Nc1nc([C@]2(C(=O)O)C=CC=CC2)cc2cnc(N=C(c3ccccc3)c3ccccc3)cc12. The largest absolute Gasteiger partial charge is 0.480 e. The number of aliphatic carboxylic acids is 1. The zero-order valence-electron chi connectivity index (χ0n) is 20.8. The third kappa shape index (κ3) is 4.91. The Bertz CT molecular complexity index is 1480. The van der Waals surface area contributed by atoms with E-state index in [0.717, 1.165) is 27.6 Å². The van der Waals surface area contributed by atoms with E-state index in [1.54, 1.807) is 18.3 Å². The number of carboxylic acid groups (broad SMARTS) is 1. The van der Waals surface area contributed by atoms with Gasteiger partial charge in [0.25, 0.3) is 0 Å². The van der Waals surface area contributed by atoms with Gasteiger partial charge in [0.1, 0.15) is 11.2 Å². The van der Waals surface area contributed by atoms with Crippen molar-refractivity contribution < 1.29 is 9.90 Å². The first-order chi connectivity index (χ1) is 18.0. The number of carboxylic acids is 1. The number of rotatable bonds is 7. The lowest BCUT2D eigenvalue weighted by atomic mass is 9.78. The van der Waals surface area contributed by atoms with Crippen LogP contribution in [0.15, 0.2) is 108 Å². The first-order valence-corrected chi connectivity index (χ1v) is 12.3. The summed E-state index contributed by atoms with van der Waals surface area (Å²) in [7, 11) is 0. The number of anilines is 1. The molecule has 0 radical (unpaired) electrons. The molecule has 184 valence electrons. The number of aromatic nitrogens is 2. The number of hydrogen-bond acceptors (Lipinski definition) is 5. The van der Waals surface area contributed by atoms with E-state index in [2.05, 4.69) is 10.3 Å². The topological polar surface area (TPSA) is 87.5 Å². The molecular formula is C31H28N4O2. The van der Waals surface area contributed by atoms with Gasteiger partial charge in [-0.15, -0.1) is 0 Å². The second kappa shape index (κ2) is 10.2. The van der Waals surface area contributed by atoms with Crippen LogP contribution in [0.4, 0.5) is 11.6 Å². The van der Waals surface area contributed by atoms with E-state index in [-0.39, 0.29) is 6.04 Å². The first kappa shape index (κ1) is 24.1. The molecule has 5 rings (SSSR count). The molecule has 2 heterocycles. The molecule has 2 aromatic carbocycles. The Hall–Kier alpha value is -4.58. The lowest BCUT2D eigenvalue weighted by Gasteiger charge is -2.27. The van der Waals surface area contributed by atoms with Crippen LogP contribution in [-0.4, -0.2) is 32.8 Å². The molecule has 0 spiro atoms. The average Bonchev–Trinajstić information content (AvgIpc) is 2.92. The summed E-state index contributed by atoms with van der Waals surface area (Å²) in [5.74, 6) is 0.232. The smallest absolute Gasteiger partial charge is 0.319 e. The molecule has 0 amide bonds. The maximum atomic E-state index is 12.4. The fraction of sp³-hybridized carbons (Fsp3) is 0.161. The van der Waals surface area contributed by atoms with Crippen molar-refractivity contribution in [2.24, 2.45) is 4.99 Å². The Balaban J connectivity index is 1.67. The van der Waals surface area contributed by atoms with Crippen molar-refractivity contribution in [1.82, 2.24) is 9.97 Å². The van der Waals surface area contributed by atoms with Crippen molar-refractivity contribution in [2.45, 2.75) is 31.7 Å². The number of hydrogen-bond donors (Lipinski definition) is 2. The van der Waals surface area contributed by atoms with Crippen LogP contribution in [0.2, 0.25) is 0 Å². The number of fused-ring (bicyclic) bond motifs is 1. The maximum absolute atomic E-state index is 12.4. The maximum Gasteiger partial charge on any atom is 0.319 e. The number of aliphatic imine (C=N–C) groups is 1. The van der Waals surface area contributed by atoms with Crippen LogP contribution in [0.25, 0.3) is 10.8 Å². The van der Waals surface area contributed by atoms with E-state index < -0.39 is 11.4 Å². The summed E-state index contributed by atoms with van der Waals surface area (Å²) in [5, 5.41) is 15.2. The summed E-state index contributed by atoms with van der Waals surface area (Å²) in [6.07, 6.45) is 9.28. The van der Waals surface area contributed by atoms with Gasteiger partial charge in [-0.25, -0.2) is 15.0 Å². The van der Waals surface area contributed by atoms with Crippen LogP contribution < -0.4 is 5.32 Å². The zero-order chi connectivity index (χ0) is 25.8. The van der Waals surface area contributed by atoms with Crippen LogP contribution >= 0.6 is 0 Å². The van der Waals surface area contributed by atoms with Gasteiger partial charge in [-0.3, -0.25) is 4.79 Å². The number of pyridine rings is 2. The molecule has 0 fully saturated rings. The van der Waals surface area contributed by atoms with Crippen molar-refractivity contribution in [3.63, 3.8) is 0 Å². The van der Waals surface area contributed by atoms with Gasteiger partial charge in [0.2, 0.25) is 0 Å². The van der Waals surface area contributed by atoms with E-state index in [4.69, 9.17) is 9.98 Å². The number of benzene rings is 2. The molecule has 1 aliphatic carbocycles. The van der Waals surface area contributed by atoms with Crippen LogP contribution in [0.5, 0.6) is 0 Å². The normalized spacial score (nSPS) is 16.6. The summed E-state index contributed by atoms with van der Waals surface area (Å²) < 4.78 is 0. The standard InChI is InChI=1S/C31H28N4O2/c1-21(2)33-29-25-19-27(35-28(22-12-6-3-7-13-22)23-14-8-4-9-15-23)32-20-24(25)18-26(34-29)31(30(36)37)16-10-5-11-17-31/h3-16,18-21H,17H2,1-2H3,(H,33,34)(H,36,37)/t31-/m0/s1. The fourth-order valence-electron chi connectivity index (χ4n) is 4.49. The third-order valence-corrected chi connectivity index (χ3v) is 6.35. The van der Waals surface area contributed by atoms with Crippen LogP contribution in [0, 0.1) is 0 Å². The summed E-state index contributed by atoms with van der Waals surface area (Å²) in [6.45, 7) is 4.05. The number of carbonyl (C=O) groups is 1. The summed E-state index contributed by atoms with van der Waals surface area (Å²) in [6, 6.07) is 23.9. The van der Waals surface area contributed by atoms with Crippen molar-refractivity contribution >= 4 is 34.1 Å². The molecule has 2 N–H and O–H groups in total. The van der Waals surface area contributed by atoms with Crippen molar-refractivity contribution in [3.05, 3.63) is 120 Å². The van der Waals surface area contributed by atoms with Crippen LogP contribution in [-0.2, 0) is 10.2 Å². The van der Waals surface area contributed by atoms with Crippen molar-refractivity contribution in [2.75, 3.05) is 5.32 Å². The Labute approximate surface area is 216 Å². The predicted molar refractivity (Wildman–Crippen MR) is 149 cm³/mol. The number of allylic oxidation sites excluding steroid dienone is 3. The van der Waals surface area contributed by atoms with Gasteiger partial charge >= 0.3 is 5.97 Å². The molecule has 0 bridgehead atoms. The Kier molecular flexibility index (Phi) is 6.64. The molecule has 1 atom stereocenters. The highest BCUT2D eigenvalue weighted by molar-refractivity contribution is 6.14. The highest BCUT2D eigenvalue weighted by Crippen LogP contribution is 2.36. The van der Waals surface area contributed by atoms with Crippen LogP contribution in [0.3, 0.4) is 0 Å². The molecule has 0 unspecified atom stereocenters. The lowest BCUT2D eigenvalue weighted by Crippen LogP contribution is -2.35. The van der Waals surface area contributed by atoms with Crippen molar-refractivity contribution in [1.29, 1.82) is 0 Å². The second-order valence-corrected chi connectivity index (χ2v) is 9.38. The minimum Gasteiger partial charge on any atom is -0.480 e. The minimum absolute atomic E-state index is 0.0952. The quantitative estimate of drug-likeness (QED) is 0.292. The highest BCUT2D eigenvalue weighted by atomic mass is 16.4. The number of nitrogens with zero attached hydrogens (tertiary/aromatic N) is 3. The van der Waals surface area contributed by atoms with Crippen LogP contribution in [0.1, 0.15) is 37.1 Å². The predicted octanol–water partition coefficient (Wildman–Crippen LogP) is 6.46. The molecule has 0 saturated heterocycles. The van der Waals surface area contributed by atoms with Gasteiger partial charge in [0, 0.05) is 34.1 Å². The molecule has 0 aliphatic heterocycles. The third-order valence-electron chi connectivity index (χ3n) is 6.35. The van der Waals surface area contributed by atoms with E-state index >= 15 is 0 Å². The first-order valence-electron chi connectivity index (χ1n) is 12.3. The Morgan fingerprint density at radius 3 is 2.24 bits per heavy atom. The van der Waals surface area contributed by atoms with Gasteiger partial charge in [-0.05, 0) is 32.4 Å². The second-order valence-electron chi connectivity index (χ2n) is 9.38. The Morgan fingerprint density at radius 2 is 1.68 bits per heavy atom. The molecule has 2 aromatic heterocycles. The van der Waals surface area contributed by atoms with Crippen molar-refractivity contribution in [3.8, 4) is 0 Å². The molecule has 37 heavy (non-hydrogen) atoms. The van der Waals surface area contributed by atoms with Gasteiger partial charge in [0.15, 0.2) is 5.82 Å². The summed E-state index contributed by atoms with van der Waals surface area (Å²) in [4.78, 5) is 26.9. The molecular weight excluding hydrogens is 460 g/mol. The number of nitrogens with one attached hydrogen (secondary N) is 1. The molecule has 6 heteroatoms. The van der Waals surface area contributed by atoms with E-state index in [9.17, 15) is 9.90 Å². The molecule has 6 nitrogen and oxygen atoms in total. The molecule has 4 aromatic rings. The monoisotopic (exact) mass is 488 g/mol. The van der Waals surface area contributed by atoms with E-state index in [1.807, 2.05) is 98.8 Å².